The second kappa shape index (κ2) is 9.32. The second-order valence-electron chi connectivity index (χ2n) is 7.87. The van der Waals surface area contributed by atoms with Crippen molar-refractivity contribution < 1.29 is 14.3 Å². The lowest BCUT2D eigenvalue weighted by Crippen LogP contribution is -2.53. The largest absolute Gasteiger partial charge is 0.484 e. The Bertz CT molecular complexity index is 1120. The highest BCUT2D eigenvalue weighted by atomic mass is 35.5. The monoisotopic (exact) mass is 449 g/mol. The summed E-state index contributed by atoms with van der Waals surface area (Å²) in [6.07, 6.45) is -0.585. The average molecular weight is 450 g/mol. The van der Waals surface area contributed by atoms with Crippen molar-refractivity contribution in [1.82, 2.24) is 10.4 Å². The lowest BCUT2D eigenvalue weighted by molar-refractivity contribution is -0.127. The molecule has 3 aromatic rings. The first-order chi connectivity index (χ1) is 15.4. The number of para-hydroxylation sites is 1. The summed E-state index contributed by atoms with van der Waals surface area (Å²) in [6, 6.07) is 22.1. The second-order valence-corrected chi connectivity index (χ2v) is 8.31. The highest BCUT2D eigenvalue weighted by Crippen LogP contribution is 2.34. The molecule has 0 radical (unpaired) electrons. The lowest BCUT2D eigenvalue weighted by Gasteiger charge is -2.37. The van der Waals surface area contributed by atoms with E-state index in [1.165, 1.54) is 10.6 Å². The minimum absolute atomic E-state index is 0.227. The first-order valence-corrected chi connectivity index (χ1v) is 10.8. The van der Waals surface area contributed by atoms with Crippen molar-refractivity contribution in [2.24, 2.45) is 0 Å². The predicted octanol–water partition coefficient (Wildman–Crippen LogP) is 5.14. The topological polar surface area (TPSA) is 70.7 Å². The third kappa shape index (κ3) is 4.70. The van der Waals surface area contributed by atoms with E-state index in [0.29, 0.717) is 27.9 Å². The van der Waals surface area contributed by atoms with Crippen molar-refractivity contribution in [3.63, 3.8) is 0 Å². The summed E-state index contributed by atoms with van der Waals surface area (Å²) in [4.78, 5) is 26.0. The van der Waals surface area contributed by atoms with Crippen molar-refractivity contribution >= 4 is 29.1 Å². The number of hydrazine groups is 1. The molecule has 1 aliphatic heterocycles. The van der Waals surface area contributed by atoms with E-state index in [-0.39, 0.29) is 12.5 Å². The summed E-state index contributed by atoms with van der Waals surface area (Å²) >= 11 is 6.11. The number of fused-ring (bicyclic) bond motifs is 1. The molecule has 4 rings (SSSR count). The molecule has 0 fully saturated rings. The third-order valence-corrected chi connectivity index (χ3v) is 5.49. The number of hydrogen-bond donors (Lipinski definition) is 2. The number of anilines is 1. The number of benzene rings is 3. The van der Waals surface area contributed by atoms with Gasteiger partial charge < -0.3 is 10.1 Å². The lowest BCUT2D eigenvalue weighted by atomic mass is 9.99. The molecule has 0 bridgehead atoms. The van der Waals surface area contributed by atoms with Crippen molar-refractivity contribution in [2.75, 3.05) is 11.9 Å². The molecule has 2 N–H and O–H groups in total. The van der Waals surface area contributed by atoms with Crippen LogP contribution in [0.2, 0.25) is 5.02 Å². The summed E-state index contributed by atoms with van der Waals surface area (Å²) in [5.74, 6) is 0.160. The van der Waals surface area contributed by atoms with Gasteiger partial charge in [-0.3, -0.25) is 15.0 Å². The predicted molar refractivity (Wildman–Crippen MR) is 125 cm³/mol. The number of nitrogens with one attached hydrogen (secondary N) is 2. The molecule has 1 heterocycles. The highest BCUT2D eigenvalue weighted by Gasteiger charge is 2.34. The van der Waals surface area contributed by atoms with E-state index in [4.69, 9.17) is 16.3 Å². The van der Waals surface area contributed by atoms with E-state index in [1.807, 2.05) is 42.5 Å². The average Bonchev–Trinajstić information content (AvgIpc) is 2.80. The number of carbonyl (C=O) groups is 2. The maximum absolute atomic E-state index is 13.3. The quantitative estimate of drug-likeness (QED) is 0.546. The zero-order valence-electron chi connectivity index (χ0n) is 17.8. The van der Waals surface area contributed by atoms with Crippen molar-refractivity contribution in [3.05, 3.63) is 94.5 Å². The van der Waals surface area contributed by atoms with Gasteiger partial charge in [0, 0.05) is 10.7 Å². The number of hydrogen-bond acceptors (Lipinski definition) is 4. The smallest absolute Gasteiger partial charge is 0.276 e. The molecule has 164 valence electrons. The van der Waals surface area contributed by atoms with Crippen LogP contribution in [0.5, 0.6) is 5.75 Å². The van der Waals surface area contributed by atoms with E-state index in [2.05, 4.69) is 24.6 Å². The first-order valence-electron chi connectivity index (χ1n) is 10.4. The van der Waals surface area contributed by atoms with Crippen LogP contribution in [0.1, 0.15) is 47.4 Å². The maximum Gasteiger partial charge on any atom is 0.276 e. The van der Waals surface area contributed by atoms with Gasteiger partial charge in [0.25, 0.3) is 11.8 Å². The molecule has 0 spiro atoms. The Morgan fingerprint density at radius 2 is 1.81 bits per heavy atom. The molecule has 3 aromatic carbocycles. The first kappa shape index (κ1) is 21.7. The van der Waals surface area contributed by atoms with Crippen LogP contribution >= 0.6 is 11.6 Å². The molecule has 0 saturated heterocycles. The van der Waals surface area contributed by atoms with Crippen LogP contribution in [-0.2, 0) is 4.79 Å². The van der Waals surface area contributed by atoms with Crippen LogP contribution < -0.4 is 15.5 Å². The van der Waals surface area contributed by atoms with Gasteiger partial charge in [0.1, 0.15) is 11.9 Å². The van der Waals surface area contributed by atoms with Gasteiger partial charge >= 0.3 is 0 Å². The minimum Gasteiger partial charge on any atom is -0.484 e. The minimum atomic E-state index is -0.585. The number of nitrogens with zero attached hydrogens (tertiary/aromatic N) is 1. The highest BCUT2D eigenvalue weighted by molar-refractivity contribution is 6.31. The molecule has 32 heavy (non-hydrogen) atoms. The fraction of sp³-hybridized carbons (Fsp3) is 0.200. The van der Waals surface area contributed by atoms with Gasteiger partial charge in [-0.1, -0.05) is 67.9 Å². The van der Waals surface area contributed by atoms with Crippen LogP contribution in [0.15, 0.2) is 72.8 Å². The normalized spacial score (nSPS) is 15.2. The van der Waals surface area contributed by atoms with Gasteiger partial charge in [-0.2, -0.15) is 0 Å². The van der Waals surface area contributed by atoms with Crippen molar-refractivity contribution in [1.29, 1.82) is 0 Å². The van der Waals surface area contributed by atoms with E-state index in [9.17, 15) is 9.59 Å². The fourth-order valence-corrected chi connectivity index (χ4v) is 3.69. The van der Waals surface area contributed by atoms with Crippen LogP contribution in [-0.4, -0.2) is 23.4 Å². The van der Waals surface area contributed by atoms with E-state index in [0.717, 1.165) is 5.56 Å². The number of rotatable bonds is 6. The molecular formula is C25H24ClN3O3. The molecule has 0 aliphatic carbocycles. The fourth-order valence-electron chi connectivity index (χ4n) is 3.52. The SMILES string of the molecule is CC(C)c1ccc(C2Nc3ccc(Cl)cc3C(=O)N2NC(=O)COc2ccccc2)cc1. The molecule has 7 heteroatoms. The molecule has 6 nitrogen and oxygen atoms in total. The van der Waals surface area contributed by atoms with Gasteiger partial charge in [0.15, 0.2) is 6.61 Å². The zero-order chi connectivity index (χ0) is 22.7. The van der Waals surface area contributed by atoms with E-state index in [1.54, 1.807) is 30.3 Å². The van der Waals surface area contributed by atoms with Crippen LogP contribution in [0, 0.1) is 0 Å². The summed E-state index contributed by atoms with van der Waals surface area (Å²) < 4.78 is 5.52. The van der Waals surface area contributed by atoms with Crippen LogP contribution in [0.3, 0.4) is 0 Å². The van der Waals surface area contributed by atoms with Crippen LogP contribution in [0.4, 0.5) is 5.69 Å². The van der Waals surface area contributed by atoms with E-state index >= 15 is 0 Å². The Morgan fingerprint density at radius 3 is 2.50 bits per heavy atom. The number of ether oxygens (including phenoxy) is 1. The maximum atomic E-state index is 13.3. The molecule has 1 atom stereocenters. The van der Waals surface area contributed by atoms with Gasteiger partial charge in [-0.25, -0.2) is 5.01 Å². The van der Waals surface area contributed by atoms with Gasteiger partial charge in [0.05, 0.1) is 5.56 Å². The Hall–Kier alpha value is -3.51. The van der Waals surface area contributed by atoms with E-state index < -0.39 is 12.1 Å². The molecule has 0 saturated carbocycles. The molecule has 2 amide bonds. The molecular weight excluding hydrogens is 426 g/mol. The number of amides is 2. The van der Waals surface area contributed by atoms with Gasteiger partial charge in [-0.05, 0) is 47.4 Å². The Kier molecular flexibility index (Phi) is 6.32. The zero-order valence-corrected chi connectivity index (χ0v) is 18.6. The summed E-state index contributed by atoms with van der Waals surface area (Å²) in [7, 11) is 0. The third-order valence-electron chi connectivity index (χ3n) is 5.26. The standard InChI is InChI=1S/C25H24ClN3O3/c1-16(2)17-8-10-18(11-9-17)24-27-22-13-12-19(26)14-21(22)25(31)29(24)28-23(30)15-32-20-6-4-3-5-7-20/h3-14,16,24,27H,15H2,1-2H3,(H,28,30). The Balaban J connectivity index is 1.59. The number of carbonyl (C=O) groups excluding carboxylic acids is 2. The van der Waals surface area contributed by atoms with Crippen molar-refractivity contribution in [2.45, 2.75) is 25.9 Å². The van der Waals surface area contributed by atoms with Gasteiger partial charge in [0.2, 0.25) is 0 Å². The number of halogens is 1. The Labute approximate surface area is 192 Å². The van der Waals surface area contributed by atoms with Crippen LogP contribution in [0.25, 0.3) is 0 Å². The molecule has 1 aliphatic rings. The Morgan fingerprint density at radius 1 is 1.09 bits per heavy atom. The van der Waals surface area contributed by atoms with Gasteiger partial charge in [-0.15, -0.1) is 0 Å². The molecule has 0 aromatic heterocycles. The van der Waals surface area contributed by atoms with Crippen molar-refractivity contribution in [3.8, 4) is 5.75 Å². The summed E-state index contributed by atoms with van der Waals surface area (Å²) in [5.41, 5.74) is 5.77. The molecule has 1 unspecified atom stereocenters. The summed E-state index contributed by atoms with van der Waals surface area (Å²) in [6.45, 7) is 4.02. The summed E-state index contributed by atoms with van der Waals surface area (Å²) in [5, 5.41) is 5.07.